The van der Waals surface area contributed by atoms with Gasteiger partial charge in [0.05, 0.1) is 22.1 Å². The number of aromatic carboxylic acids is 1. The predicted octanol–water partition coefficient (Wildman–Crippen LogP) is 1.27. The number of halogens is 1. The maximum atomic E-state index is 13.7. The summed E-state index contributed by atoms with van der Waals surface area (Å²) in [6.07, 6.45) is -0.979. The molecule has 1 rings (SSSR count). The zero-order chi connectivity index (χ0) is 16.6. The van der Waals surface area contributed by atoms with E-state index in [2.05, 4.69) is 4.72 Å². The molecule has 0 aromatic heterocycles. The Balaban J connectivity index is 3.37. The summed E-state index contributed by atoms with van der Waals surface area (Å²) in [5, 5.41) is 18.5. The van der Waals surface area contributed by atoms with Crippen LogP contribution in [-0.4, -0.2) is 36.2 Å². The largest absolute Gasteiger partial charge is 0.478 e. The second-order valence-electron chi connectivity index (χ2n) is 5.41. The molecule has 1 atom stereocenters. The van der Waals surface area contributed by atoms with Crippen LogP contribution in [0.15, 0.2) is 17.0 Å². The first-order valence-electron chi connectivity index (χ1n) is 6.14. The SMILES string of the molecule is Cc1cc(S(=O)(=O)NC(C)(C)C(C)O)cc(C(=O)O)c1F. The minimum absolute atomic E-state index is 0.0925. The van der Waals surface area contributed by atoms with Crippen LogP contribution < -0.4 is 4.72 Å². The quantitative estimate of drug-likeness (QED) is 0.758. The Labute approximate surface area is 122 Å². The van der Waals surface area contributed by atoms with Gasteiger partial charge in [0.25, 0.3) is 0 Å². The fraction of sp³-hybridized carbons (Fsp3) is 0.462. The van der Waals surface area contributed by atoms with Crippen LogP contribution in [0, 0.1) is 12.7 Å². The summed E-state index contributed by atoms with van der Waals surface area (Å²) in [5.74, 6) is -2.53. The highest BCUT2D eigenvalue weighted by atomic mass is 32.2. The highest BCUT2D eigenvalue weighted by Gasteiger charge is 2.31. The molecule has 21 heavy (non-hydrogen) atoms. The lowest BCUT2D eigenvalue weighted by Crippen LogP contribution is -2.50. The van der Waals surface area contributed by atoms with Crippen molar-refractivity contribution >= 4 is 16.0 Å². The van der Waals surface area contributed by atoms with Crippen LogP contribution in [0.5, 0.6) is 0 Å². The monoisotopic (exact) mass is 319 g/mol. The third-order valence-corrected chi connectivity index (χ3v) is 4.86. The van der Waals surface area contributed by atoms with Crippen molar-refractivity contribution < 1.29 is 27.8 Å². The second-order valence-corrected chi connectivity index (χ2v) is 7.09. The smallest absolute Gasteiger partial charge is 0.338 e. The Morgan fingerprint density at radius 2 is 1.90 bits per heavy atom. The summed E-state index contributed by atoms with van der Waals surface area (Å²) in [5.41, 5.74) is -1.97. The third-order valence-electron chi connectivity index (χ3n) is 3.21. The van der Waals surface area contributed by atoms with Gasteiger partial charge < -0.3 is 10.2 Å². The molecule has 1 aromatic rings. The van der Waals surface area contributed by atoms with Crippen LogP contribution >= 0.6 is 0 Å². The fourth-order valence-corrected chi connectivity index (χ4v) is 3.12. The first-order chi connectivity index (χ1) is 9.38. The minimum Gasteiger partial charge on any atom is -0.478 e. The number of aliphatic hydroxyl groups is 1. The average molecular weight is 319 g/mol. The van der Waals surface area contributed by atoms with E-state index in [0.29, 0.717) is 0 Å². The summed E-state index contributed by atoms with van der Waals surface area (Å²) in [6.45, 7) is 5.65. The van der Waals surface area contributed by atoms with Crippen molar-refractivity contribution in [2.45, 2.75) is 44.2 Å². The van der Waals surface area contributed by atoms with Crippen molar-refractivity contribution in [3.05, 3.63) is 29.1 Å². The number of aliphatic hydroxyl groups excluding tert-OH is 1. The van der Waals surface area contributed by atoms with Crippen LogP contribution in [-0.2, 0) is 10.0 Å². The van der Waals surface area contributed by atoms with Gasteiger partial charge in [-0.15, -0.1) is 0 Å². The molecule has 0 aliphatic rings. The van der Waals surface area contributed by atoms with Gasteiger partial charge in [0.1, 0.15) is 5.82 Å². The molecule has 6 nitrogen and oxygen atoms in total. The van der Waals surface area contributed by atoms with Gasteiger partial charge >= 0.3 is 5.97 Å². The van der Waals surface area contributed by atoms with E-state index >= 15 is 0 Å². The van der Waals surface area contributed by atoms with E-state index in [9.17, 15) is 22.7 Å². The molecule has 0 saturated heterocycles. The van der Waals surface area contributed by atoms with Gasteiger partial charge in [-0.2, -0.15) is 0 Å². The van der Waals surface area contributed by atoms with Crippen LogP contribution in [0.3, 0.4) is 0 Å². The molecule has 0 heterocycles. The summed E-state index contributed by atoms with van der Waals surface area (Å²) < 4.78 is 40.4. The summed E-state index contributed by atoms with van der Waals surface area (Å²) in [7, 11) is -4.10. The van der Waals surface area contributed by atoms with E-state index in [4.69, 9.17) is 5.11 Å². The predicted molar refractivity (Wildman–Crippen MR) is 74.2 cm³/mol. The Bertz CT molecular complexity index is 667. The highest BCUT2D eigenvalue weighted by molar-refractivity contribution is 7.89. The molecule has 8 heteroatoms. The van der Waals surface area contributed by atoms with Crippen molar-refractivity contribution in [3.8, 4) is 0 Å². The van der Waals surface area contributed by atoms with Crippen molar-refractivity contribution in [2.24, 2.45) is 0 Å². The van der Waals surface area contributed by atoms with Crippen LogP contribution in [0.25, 0.3) is 0 Å². The first kappa shape index (κ1) is 17.5. The standard InChI is InChI=1S/C13H18FNO5S/c1-7-5-9(6-10(11(7)14)12(17)18)21(19,20)15-13(3,4)8(2)16/h5-6,8,15-16H,1-4H3,(H,17,18). The normalized spacial score (nSPS) is 14.0. The van der Waals surface area contributed by atoms with Crippen LogP contribution in [0.1, 0.15) is 36.7 Å². The van der Waals surface area contributed by atoms with E-state index in [1.165, 1.54) is 27.7 Å². The Morgan fingerprint density at radius 3 is 2.33 bits per heavy atom. The lowest BCUT2D eigenvalue weighted by atomic mass is 10.0. The van der Waals surface area contributed by atoms with Crippen LogP contribution in [0.4, 0.5) is 4.39 Å². The zero-order valence-electron chi connectivity index (χ0n) is 12.1. The van der Waals surface area contributed by atoms with Crippen molar-refractivity contribution in [3.63, 3.8) is 0 Å². The fourth-order valence-electron chi connectivity index (χ4n) is 1.54. The molecular weight excluding hydrogens is 301 g/mol. The number of aryl methyl sites for hydroxylation is 1. The van der Waals surface area contributed by atoms with Gasteiger partial charge in [-0.1, -0.05) is 0 Å². The molecule has 0 saturated carbocycles. The maximum absolute atomic E-state index is 13.7. The number of hydrogen-bond donors (Lipinski definition) is 3. The van der Waals surface area contributed by atoms with Gasteiger partial charge in [-0.25, -0.2) is 22.3 Å². The average Bonchev–Trinajstić information content (AvgIpc) is 2.30. The Kier molecular flexibility index (Phi) is 4.76. The van der Waals surface area contributed by atoms with Gasteiger partial charge in [0.15, 0.2) is 0 Å². The van der Waals surface area contributed by atoms with E-state index in [1.54, 1.807) is 0 Å². The number of carboxylic acids is 1. The maximum Gasteiger partial charge on any atom is 0.338 e. The molecular formula is C13H18FNO5S. The molecule has 0 aliphatic carbocycles. The van der Waals surface area contributed by atoms with Crippen molar-refractivity contribution in [2.75, 3.05) is 0 Å². The van der Waals surface area contributed by atoms with E-state index in [-0.39, 0.29) is 10.5 Å². The molecule has 0 radical (unpaired) electrons. The number of hydrogen-bond acceptors (Lipinski definition) is 4. The van der Waals surface area contributed by atoms with Crippen LogP contribution in [0.2, 0.25) is 0 Å². The molecule has 1 aromatic carbocycles. The molecule has 0 fully saturated rings. The lowest BCUT2D eigenvalue weighted by Gasteiger charge is -2.29. The van der Waals surface area contributed by atoms with E-state index < -0.39 is 39.0 Å². The lowest BCUT2D eigenvalue weighted by molar-refractivity contribution is 0.0691. The molecule has 118 valence electrons. The third kappa shape index (κ3) is 3.78. The molecule has 0 spiro atoms. The molecule has 0 bridgehead atoms. The Morgan fingerprint density at radius 1 is 1.38 bits per heavy atom. The number of carbonyl (C=O) groups is 1. The number of carboxylic acid groups (broad SMARTS) is 1. The topological polar surface area (TPSA) is 104 Å². The zero-order valence-corrected chi connectivity index (χ0v) is 13.0. The highest BCUT2D eigenvalue weighted by Crippen LogP contribution is 2.21. The Hall–Kier alpha value is -1.51. The first-order valence-corrected chi connectivity index (χ1v) is 7.62. The summed E-state index contributed by atoms with van der Waals surface area (Å²) in [4.78, 5) is 10.6. The molecule has 0 amide bonds. The van der Waals surface area contributed by atoms with Crippen molar-refractivity contribution in [1.29, 1.82) is 0 Å². The number of nitrogens with one attached hydrogen (secondary N) is 1. The van der Waals surface area contributed by atoms with Gasteiger partial charge in [-0.05, 0) is 45.4 Å². The summed E-state index contributed by atoms with van der Waals surface area (Å²) in [6, 6.07) is 1.80. The summed E-state index contributed by atoms with van der Waals surface area (Å²) >= 11 is 0. The number of benzene rings is 1. The second kappa shape index (κ2) is 5.70. The van der Waals surface area contributed by atoms with E-state index in [0.717, 1.165) is 12.1 Å². The molecule has 1 unspecified atom stereocenters. The van der Waals surface area contributed by atoms with Gasteiger partial charge in [0, 0.05) is 0 Å². The molecule has 3 N–H and O–H groups in total. The molecule has 0 aliphatic heterocycles. The minimum atomic E-state index is -4.10. The van der Waals surface area contributed by atoms with Gasteiger partial charge in [-0.3, -0.25) is 0 Å². The van der Waals surface area contributed by atoms with E-state index in [1.807, 2.05) is 0 Å². The van der Waals surface area contributed by atoms with Gasteiger partial charge in [0.2, 0.25) is 10.0 Å². The number of rotatable bonds is 5. The van der Waals surface area contributed by atoms with Crippen molar-refractivity contribution in [1.82, 2.24) is 4.72 Å². The number of sulfonamides is 1.